The Morgan fingerprint density at radius 1 is 1.36 bits per heavy atom. The minimum atomic E-state index is -0.473. The van der Waals surface area contributed by atoms with E-state index in [9.17, 15) is 4.39 Å². The topological polar surface area (TPSA) is 103 Å². The molecule has 0 fully saturated rings. The van der Waals surface area contributed by atoms with E-state index in [1.54, 1.807) is 6.26 Å². The van der Waals surface area contributed by atoms with Crippen molar-refractivity contribution in [3.05, 3.63) is 46.9 Å². The van der Waals surface area contributed by atoms with Crippen LogP contribution in [0.1, 0.15) is 5.56 Å². The summed E-state index contributed by atoms with van der Waals surface area (Å²) in [6, 6.07) is 7.19. The molecule has 0 aliphatic heterocycles. The zero-order valence-corrected chi connectivity index (χ0v) is 14.3. The molecule has 2 heterocycles. The van der Waals surface area contributed by atoms with Crippen LogP contribution in [-0.4, -0.2) is 26.0 Å². The van der Waals surface area contributed by atoms with Crippen molar-refractivity contribution >= 4 is 29.2 Å². The summed E-state index contributed by atoms with van der Waals surface area (Å²) in [6.45, 7) is 0. The number of halogens is 2. The fourth-order valence-corrected chi connectivity index (χ4v) is 2.51. The monoisotopic (exact) mass is 376 g/mol. The van der Waals surface area contributed by atoms with Crippen molar-refractivity contribution in [2.45, 2.75) is 5.16 Å². The second-order valence-electron chi connectivity index (χ2n) is 4.69. The summed E-state index contributed by atoms with van der Waals surface area (Å²) in [7, 11) is 0. The number of ether oxygens (including phenoxy) is 1. The lowest BCUT2D eigenvalue weighted by atomic mass is 10.3. The molecule has 0 aliphatic rings. The number of rotatable bonds is 4. The first kappa shape index (κ1) is 17.0. The molecule has 2 N–H and O–H groups in total. The summed E-state index contributed by atoms with van der Waals surface area (Å²) in [5, 5.41) is 13.5. The van der Waals surface area contributed by atoms with E-state index >= 15 is 0 Å². The SMILES string of the molecule is CSc1nc(Oc2ccc(F)cc2Cl)cc(-n2ncc(C#N)c2N)n1. The highest BCUT2D eigenvalue weighted by Gasteiger charge is 2.14. The van der Waals surface area contributed by atoms with E-state index in [4.69, 9.17) is 27.3 Å². The zero-order valence-electron chi connectivity index (χ0n) is 12.8. The molecule has 3 aromatic rings. The molecule has 0 unspecified atom stereocenters. The number of benzene rings is 1. The molecular formula is C15H10ClFN6OS. The van der Waals surface area contributed by atoms with Gasteiger partial charge in [-0.25, -0.2) is 9.37 Å². The van der Waals surface area contributed by atoms with Gasteiger partial charge in [0.1, 0.15) is 29.0 Å². The first-order valence-corrected chi connectivity index (χ1v) is 8.42. The standard InChI is InChI=1S/C15H10ClFN6OS/c1-25-15-21-12(23-14(19)8(6-18)7-20-23)5-13(22-15)24-11-3-2-9(17)4-10(11)16/h2-5,7H,19H2,1H3. The normalized spacial score (nSPS) is 10.5. The van der Waals surface area contributed by atoms with E-state index in [1.165, 1.54) is 40.8 Å². The van der Waals surface area contributed by atoms with Crippen molar-refractivity contribution in [3.8, 4) is 23.5 Å². The average Bonchev–Trinajstić information content (AvgIpc) is 2.97. The molecule has 10 heteroatoms. The van der Waals surface area contributed by atoms with Gasteiger partial charge in [0.15, 0.2) is 11.0 Å². The number of nitrogens with two attached hydrogens (primary N) is 1. The van der Waals surface area contributed by atoms with Crippen LogP contribution in [0.4, 0.5) is 10.2 Å². The van der Waals surface area contributed by atoms with Crippen LogP contribution >= 0.6 is 23.4 Å². The highest BCUT2D eigenvalue weighted by molar-refractivity contribution is 7.98. The Kier molecular flexibility index (Phi) is 4.74. The zero-order chi connectivity index (χ0) is 18.0. The lowest BCUT2D eigenvalue weighted by molar-refractivity contribution is 0.453. The molecule has 7 nitrogen and oxygen atoms in total. The highest BCUT2D eigenvalue weighted by Crippen LogP contribution is 2.30. The molecule has 0 amide bonds. The van der Waals surface area contributed by atoms with Crippen LogP contribution in [0, 0.1) is 17.1 Å². The van der Waals surface area contributed by atoms with E-state index in [2.05, 4.69) is 15.1 Å². The molecule has 2 aromatic heterocycles. The van der Waals surface area contributed by atoms with E-state index in [0.717, 1.165) is 6.07 Å². The van der Waals surface area contributed by atoms with Gasteiger partial charge in [0, 0.05) is 6.07 Å². The number of aromatic nitrogens is 4. The maximum atomic E-state index is 13.1. The molecule has 0 aliphatic carbocycles. The second kappa shape index (κ2) is 6.96. The molecule has 0 saturated carbocycles. The van der Waals surface area contributed by atoms with Crippen LogP contribution in [0.3, 0.4) is 0 Å². The van der Waals surface area contributed by atoms with E-state index in [0.29, 0.717) is 11.0 Å². The van der Waals surface area contributed by atoms with Crippen LogP contribution in [0.25, 0.3) is 5.82 Å². The van der Waals surface area contributed by atoms with Crippen LogP contribution in [0.5, 0.6) is 11.6 Å². The first-order chi connectivity index (χ1) is 12.0. The Hall–Kier alpha value is -2.83. The van der Waals surface area contributed by atoms with E-state index < -0.39 is 5.82 Å². The van der Waals surface area contributed by atoms with E-state index in [-0.39, 0.29) is 28.0 Å². The maximum Gasteiger partial charge on any atom is 0.225 e. The van der Waals surface area contributed by atoms with Gasteiger partial charge < -0.3 is 10.5 Å². The lowest BCUT2D eigenvalue weighted by Crippen LogP contribution is -2.06. The van der Waals surface area contributed by atoms with Crippen LogP contribution in [0.15, 0.2) is 35.6 Å². The molecule has 126 valence electrons. The van der Waals surface area contributed by atoms with Crippen molar-refractivity contribution < 1.29 is 9.13 Å². The Balaban J connectivity index is 2.03. The predicted molar refractivity (Wildman–Crippen MR) is 91.5 cm³/mol. The van der Waals surface area contributed by atoms with Gasteiger partial charge in [0.05, 0.1) is 11.2 Å². The van der Waals surface area contributed by atoms with Gasteiger partial charge in [0.2, 0.25) is 5.88 Å². The van der Waals surface area contributed by atoms with Gasteiger partial charge in [-0.05, 0) is 24.5 Å². The van der Waals surface area contributed by atoms with Crippen molar-refractivity contribution in [1.82, 2.24) is 19.7 Å². The summed E-state index contributed by atoms with van der Waals surface area (Å²) in [5.74, 6) is 0.423. The van der Waals surface area contributed by atoms with Crippen molar-refractivity contribution in [1.29, 1.82) is 5.26 Å². The fourth-order valence-electron chi connectivity index (χ4n) is 1.94. The fraction of sp³-hybridized carbons (Fsp3) is 0.0667. The smallest absolute Gasteiger partial charge is 0.225 e. The Bertz CT molecular complexity index is 987. The number of hydrogen-bond acceptors (Lipinski definition) is 7. The van der Waals surface area contributed by atoms with Gasteiger partial charge in [-0.1, -0.05) is 23.4 Å². The predicted octanol–water partition coefficient (Wildman–Crippen LogP) is 3.42. The first-order valence-electron chi connectivity index (χ1n) is 6.81. The summed E-state index contributed by atoms with van der Waals surface area (Å²) in [6.07, 6.45) is 3.13. The summed E-state index contributed by atoms with van der Waals surface area (Å²) >= 11 is 7.26. The van der Waals surface area contributed by atoms with Crippen molar-refractivity contribution in [2.75, 3.05) is 12.0 Å². The molecule has 0 bridgehead atoms. The van der Waals surface area contributed by atoms with Crippen LogP contribution in [-0.2, 0) is 0 Å². The summed E-state index contributed by atoms with van der Waals surface area (Å²) in [5.41, 5.74) is 6.12. The van der Waals surface area contributed by atoms with Gasteiger partial charge in [-0.2, -0.15) is 20.0 Å². The molecule has 0 spiro atoms. The highest BCUT2D eigenvalue weighted by atomic mass is 35.5. The van der Waals surface area contributed by atoms with Gasteiger partial charge in [-0.3, -0.25) is 0 Å². The summed E-state index contributed by atoms with van der Waals surface area (Å²) < 4.78 is 20.1. The Morgan fingerprint density at radius 2 is 2.16 bits per heavy atom. The van der Waals surface area contributed by atoms with Gasteiger partial charge in [-0.15, -0.1) is 0 Å². The minimum Gasteiger partial charge on any atom is -0.437 e. The molecule has 0 radical (unpaired) electrons. The Morgan fingerprint density at radius 3 is 2.80 bits per heavy atom. The number of nitriles is 1. The maximum absolute atomic E-state index is 13.1. The van der Waals surface area contributed by atoms with Crippen LogP contribution in [0.2, 0.25) is 5.02 Å². The Labute approximate surface area is 151 Å². The second-order valence-corrected chi connectivity index (χ2v) is 5.88. The van der Waals surface area contributed by atoms with E-state index in [1.807, 2.05) is 6.07 Å². The number of nitrogen functional groups attached to an aromatic ring is 1. The van der Waals surface area contributed by atoms with Crippen molar-refractivity contribution in [3.63, 3.8) is 0 Å². The third kappa shape index (κ3) is 3.50. The number of anilines is 1. The number of nitrogens with zero attached hydrogens (tertiary/aromatic N) is 5. The lowest BCUT2D eigenvalue weighted by Gasteiger charge is -2.10. The molecule has 1 aromatic carbocycles. The minimum absolute atomic E-state index is 0.108. The quantitative estimate of drug-likeness (QED) is 0.549. The van der Waals surface area contributed by atoms with Crippen LogP contribution < -0.4 is 10.5 Å². The third-order valence-electron chi connectivity index (χ3n) is 3.10. The van der Waals surface area contributed by atoms with Gasteiger partial charge >= 0.3 is 0 Å². The third-order valence-corrected chi connectivity index (χ3v) is 3.95. The average molecular weight is 377 g/mol. The molecule has 0 saturated heterocycles. The molecule has 0 atom stereocenters. The van der Waals surface area contributed by atoms with Gasteiger partial charge in [0.25, 0.3) is 0 Å². The largest absolute Gasteiger partial charge is 0.437 e. The number of hydrogen-bond donors (Lipinski definition) is 1. The van der Waals surface area contributed by atoms with Crippen molar-refractivity contribution in [2.24, 2.45) is 0 Å². The summed E-state index contributed by atoms with van der Waals surface area (Å²) in [4.78, 5) is 8.52. The molecular weight excluding hydrogens is 367 g/mol. The molecule has 25 heavy (non-hydrogen) atoms. The molecule has 3 rings (SSSR count). The number of thioether (sulfide) groups is 1.